The molecule has 0 spiro atoms. The molecule has 2 nitrogen and oxygen atoms in total. The van der Waals surface area contributed by atoms with E-state index in [1.807, 2.05) is 0 Å². The maximum absolute atomic E-state index is 3.89. The molecule has 0 amide bonds. The minimum atomic E-state index is 0.534. The molecule has 1 unspecified atom stereocenters. The first-order valence-corrected chi connectivity index (χ1v) is 7.73. The summed E-state index contributed by atoms with van der Waals surface area (Å²) in [4.78, 5) is 2.44. The van der Waals surface area contributed by atoms with E-state index in [2.05, 4.69) is 42.9 Å². The van der Waals surface area contributed by atoms with Gasteiger partial charge in [0, 0.05) is 17.8 Å². The third kappa shape index (κ3) is 3.64. The molecular formula is C13H26N2S. The fourth-order valence-electron chi connectivity index (χ4n) is 2.88. The highest BCUT2D eigenvalue weighted by Crippen LogP contribution is 2.33. The average molecular weight is 242 g/mol. The fraction of sp³-hybridized carbons (Fsp3) is 1.00. The molecule has 2 fully saturated rings. The number of hydrogen-bond donors (Lipinski definition) is 1. The van der Waals surface area contributed by atoms with E-state index in [1.54, 1.807) is 0 Å². The predicted octanol–water partition coefficient (Wildman–Crippen LogP) is 2.20. The van der Waals surface area contributed by atoms with Gasteiger partial charge in [-0.2, -0.15) is 11.8 Å². The first kappa shape index (κ1) is 12.7. The summed E-state index contributed by atoms with van der Waals surface area (Å²) in [5.74, 6) is 2.65. The number of piperidine rings is 1. The third-order valence-corrected chi connectivity index (χ3v) is 5.42. The SMILES string of the molecule is CN1CCC(NC2CSCC(C)(C)C2)CC1. The lowest BCUT2D eigenvalue weighted by Crippen LogP contribution is -2.49. The Morgan fingerprint density at radius 2 is 1.88 bits per heavy atom. The first-order valence-electron chi connectivity index (χ1n) is 6.57. The largest absolute Gasteiger partial charge is 0.310 e. The zero-order valence-electron chi connectivity index (χ0n) is 11.0. The standard InChI is InChI=1S/C13H26N2S/c1-13(2)8-12(9-16-10-13)14-11-4-6-15(3)7-5-11/h11-12,14H,4-10H2,1-3H3. The van der Waals surface area contributed by atoms with E-state index >= 15 is 0 Å². The van der Waals surface area contributed by atoms with Crippen LogP contribution >= 0.6 is 11.8 Å². The summed E-state index contributed by atoms with van der Waals surface area (Å²) in [7, 11) is 2.23. The molecule has 94 valence electrons. The first-order chi connectivity index (χ1) is 7.55. The molecule has 2 heterocycles. The topological polar surface area (TPSA) is 15.3 Å². The Hall–Kier alpha value is 0.270. The van der Waals surface area contributed by atoms with E-state index in [1.165, 1.54) is 43.9 Å². The van der Waals surface area contributed by atoms with Crippen molar-refractivity contribution in [3.63, 3.8) is 0 Å². The molecule has 0 aromatic heterocycles. The Balaban J connectivity index is 1.76. The Kier molecular flexibility index (Phi) is 4.20. The normalized spacial score (nSPS) is 32.8. The van der Waals surface area contributed by atoms with Crippen molar-refractivity contribution in [3.8, 4) is 0 Å². The highest BCUT2D eigenvalue weighted by molar-refractivity contribution is 7.99. The van der Waals surface area contributed by atoms with Gasteiger partial charge in [0.25, 0.3) is 0 Å². The molecule has 2 aliphatic rings. The van der Waals surface area contributed by atoms with Gasteiger partial charge in [0.15, 0.2) is 0 Å². The van der Waals surface area contributed by atoms with Crippen molar-refractivity contribution in [1.29, 1.82) is 0 Å². The van der Waals surface area contributed by atoms with Gasteiger partial charge in [-0.25, -0.2) is 0 Å². The van der Waals surface area contributed by atoms with Crippen LogP contribution in [0.3, 0.4) is 0 Å². The lowest BCUT2D eigenvalue weighted by Gasteiger charge is -2.39. The second kappa shape index (κ2) is 5.28. The molecule has 2 aliphatic heterocycles. The van der Waals surface area contributed by atoms with Crippen LogP contribution in [0.4, 0.5) is 0 Å². The number of thioether (sulfide) groups is 1. The summed E-state index contributed by atoms with van der Waals surface area (Å²) < 4.78 is 0. The summed E-state index contributed by atoms with van der Waals surface area (Å²) in [6.07, 6.45) is 4.02. The van der Waals surface area contributed by atoms with Gasteiger partial charge in [-0.3, -0.25) is 0 Å². The predicted molar refractivity (Wildman–Crippen MR) is 73.2 cm³/mol. The molecule has 16 heavy (non-hydrogen) atoms. The van der Waals surface area contributed by atoms with Crippen LogP contribution in [0.5, 0.6) is 0 Å². The highest BCUT2D eigenvalue weighted by Gasteiger charge is 2.30. The van der Waals surface area contributed by atoms with Crippen LogP contribution in [0, 0.1) is 5.41 Å². The van der Waals surface area contributed by atoms with Crippen LogP contribution in [-0.4, -0.2) is 48.6 Å². The molecular weight excluding hydrogens is 216 g/mol. The van der Waals surface area contributed by atoms with Crippen molar-refractivity contribution in [1.82, 2.24) is 10.2 Å². The minimum absolute atomic E-state index is 0.534. The van der Waals surface area contributed by atoms with Crippen molar-refractivity contribution in [2.75, 3.05) is 31.6 Å². The van der Waals surface area contributed by atoms with Gasteiger partial charge in [-0.1, -0.05) is 13.8 Å². The van der Waals surface area contributed by atoms with E-state index in [-0.39, 0.29) is 0 Å². The average Bonchev–Trinajstić information content (AvgIpc) is 2.20. The van der Waals surface area contributed by atoms with Crippen molar-refractivity contribution in [2.24, 2.45) is 5.41 Å². The fourth-order valence-corrected chi connectivity index (χ4v) is 4.16. The number of nitrogens with zero attached hydrogens (tertiary/aromatic N) is 1. The van der Waals surface area contributed by atoms with Gasteiger partial charge in [-0.15, -0.1) is 0 Å². The summed E-state index contributed by atoms with van der Waals surface area (Å²) in [6.45, 7) is 7.34. The van der Waals surface area contributed by atoms with E-state index < -0.39 is 0 Å². The molecule has 0 bridgehead atoms. The molecule has 3 heteroatoms. The van der Waals surface area contributed by atoms with Crippen LogP contribution < -0.4 is 5.32 Å². The van der Waals surface area contributed by atoms with Gasteiger partial charge in [-0.05, 0) is 50.6 Å². The minimum Gasteiger partial charge on any atom is -0.310 e. The Bertz CT molecular complexity index is 222. The number of rotatable bonds is 2. The second-order valence-electron chi connectivity index (χ2n) is 6.32. The number of hydrogen-bond acceptors (Lipinski definition) is 3. The maximum Gasteiger partial charge on any atom is 0.0166 e. The van der Waals surface area contributed by atoms with E-state index in [9.17, 15) is 0 Å². The van der Waals surface area contributed by atoms with Gasteiger partial charge >= 0.3 is 0 Å². The van der Waals surface area contributed by atoms with Crippen molar-refractivity contribution in [2.45, 2.75) is 45.2 Å². The maximum atomic E-state index is 3.89. The van der Waals surface area contributed by atoms with Crippen molar-refractivity contribution in [3.05, 3.63) is 0 Å². The quantitative estimate of drug-likeness (QED) is 0.799. The zero-order chi connectivity index (χ0) is 11.6. The summed E-state index contributed by atoms with van der Waals surface area (Å²) in [5.41, 5.74) is 0.534. The Labute approximate surface area is 105 Å². The molecule has 0 aliphatic carbocycles. The lowest BCUT2D eigenvalue weighted by molar-refractivity contribution is 0.212. The number of nitrogens with one attached hydrogen (secondary N) is 1. The summed E-state index contributed by atoms with van der Waals surface area (Å²) in [5, 5.41) is 3.89. The molecule has 1 atom stereocenters. The molecule has 1 N–H and O–H groups in total. The van der Waals surface area contributed by atoms with Crippen molar-refractivity contribution < 1.29 is 0 Å². The Morgan fingerprint density at radius 1 is 1.19 bits per heavy atom. The van der Waals surface area contributed by atoms with Crippen LogP contribution in [-0.2, 0) is 0 Å². The van der Waals surface area contributed by atoms with Gasteiger partial charge < -0.3 is 10.2 Å². The lowest BCUT2D eigenvalue weighted by atomic mass is 9.87. The summed E-state index contributed by atoms with van der Waals surface area (Å²) in [6, 6.07) is 1.53. The molecule has 0 saturated carbocycles. The summed E-state index contributed by atoms with van der Waals surface area (Å²) >= 11 is 2.13. The van der Waals surface area contributed by atoms with Gasteiger partial charge in [0.2, 0.25) is 0 Å². The molecule has 2 rings (SSSR count). The molecule has 0 aromatic rings. The smallest absolute Gasteiger partial charge is 0.0166 e. The molecule has 0 radical (unpaired) electrons. The van der Waals surface area contributed by atoms with E-state index in [0.29, 0.717) is 5.41 Å². The van der Waals surface area contributed by atoms with Gasteiger partial charge in [0.1, 0.15) is 0 Å². The van der Waals surface area contributed by atoms with Crippen molar-refractivity contribution >= 4 is 11.8 Å². The van der Waals surface area contributed by atoms with E-state index in [4.69, 9.17) is 0 Å². The van der Waals surface area contributed by atoms with Crippen LogP contribution in [0.1, 0.15) is 33.1 Å². The molecule has 0 aromatic carbocycles. The Morgan fingerprint density at radius 3 is 2.50 bits per heavy atom. The number of likely N-dealkylation sites (tertiary alicyclic amines) is 1. The second-order valence-corrected chi connectivity index (χ2v) is 7.35. The zero-order valence-corrected chi connectivity index (χ0v) is 11.8. The van der Waals surface area contributed by atoms with Crippen LogP contribution in [0.25, 0.3) is 0 Å². The van der Waals surface area contributed by atoms with Crippen LogP contribution in [0.2, 0.25) is 0 Å². The third-order valence-electron chi connectivity index (χ3n) is 3.80. The monoisotopic (exact) mass is 242 g/mol. The van der Waals surface area contributed by atoms with Crippen LogP contribution in [0.15, 0.2) is 0 Å². The highest BCUT2D eigenvalue weighted by atomic mass is 32.2. The molecule has 2 saturated heterocycles. The van der Waals surface area contributed by atoms with Gasteiger partial charge in [0.05, 0.1) is 0 Å². The van der Waals surface area contributed by atoms with E-state index in [0.717, 1.165) is 12.1 Å².